The average Bonchev–Trinajstić information content (AvgIpc) is 2.48. The molecule has 1 fully saturated rings. The highest BCUT2D eigenvalue weighted by Gasteiger charge is 2.55. The van der Waals surface area contributed by atoms with Crippen LogP contribution in [0.25, 0.3) is 0 Å². The van der Waals surface area contributed by atoms with E-state index >= 15 is 0 Å². The van der Waals surface area contributed by atoms with Gasteiger partial charge in [-0.25, -0.2) is 0 Å². The summed E-state index contributed by atoms with van der Waals surface area (Å²) in [6, 6.07) is 0. The van der Waals surface area contributed by atoms with Crippen molar-refractivity contribution in [1.29, 1.82) is 0 Å². The lowest BCUT2D eigenvalue weighted by atomic mass is 10.1. The van der Waals surface area contributed by atoms with Crippen molar-refractivity contribution in [1.82, 2.24) is 5.32 Å². The molecule has 0 aromatic rings. The van der Waals surface area contributed by atoms with Crippen LogP contribution in [0, 0.1) is 17.3 Å². The topological polar surface area (TPSA) is 29.1 Å². The third-order valence-corrected chi connectivity index (χ3v) is 3.30. The smallest absolute Gasteiger partial charge is 0.216 e. The number of rotatable bonds is 3. The Hall–Kier alpha value is -0.530. The van der Waals surface area contributed by atoms with Gasteiger partial charge in [0.1, 0.15) is 0 Å². The molecule has 1 N–H and O–H groups in total. The van der Waals surface area contributed by atoms with Gasteiger partial charge < -0.3 is 5.32 Å². The average molecular weight is 169 g/mol. The molecule has 0 aromatic carbocycles. The van der Waals surface area contributed by atoms with Gasteiger partial charge in [0.05, 0.1) is 0 Å². The molecular weight excluding hydrogens is 150 g/mol. The summed E-state index contributed by atoms with van der Waals surface area (Å²) in [5.74, 6) is 1.60. The SMILES string of the molecule is CCC1[C@H](CNC(C)=O)C1(C)C. The van der Waals surface area contributed by atoms with Crippen LogP contribution in [0.1, 0.15) is 34.1 Å². The monoisotopic (exact) mass is 169 g/mol. The maximum atomic E-state index is 10.7. The molecule has 2 heteroatoms. The summed E-state index contributed by atoms with van der Waals surface area (Å²) in [5.41, 5.74) is 0.456. The van der Waals surface area contributed by atoms with E-state index in [1.165, 1.54) is 6.42 Å². The maximum Gasteiger partial charge on any atom is 0.216 e. The molecule has 1 aliphatic carbocycles. The van der Waals surface area contributed by atoms with Gasteiger partial charge in [0.2, 0.25) is 5.91 Å². The summed E-state index contributed by atoms with van der Waals surface area (Å²) < 4.78 is 0. The number of hydrogen-bond donors (Lipinski definition) is 1. The van der Waals surface area contributed by atoms with Crippen molar-refractivity contribution in [3.8, 4) is 0 Å². The molecule has 0 radical (unpaired) electrons. The van der Waals surface area contributed by atoms with Crippen molar-refractivity contribution < 1.29 is 4.79 Å². The summed E-state index contributed by atoms with van der Waals surface area (Å²) >= 11 is 0. The Morgan fingerprint density at radius 3 is 2.33 bits per heavy atom. The number of carbonyl (C=O) groups excluding carboxylic acids is 1. The molecule has 70 valence electrons. The molecule has 1 aliphatic rings. The third kappa shape index (κ3) is 1.62. The van der Waals surface area contributed by atoms with Crippen molar-refractivity contribution in [2.75, 3.05) is 6.54 Å². The zero-order chi connectivity index (χ0) is 9.35. The van der Waals surface area contributed by atoms with Crippen LogP contribution in [0.4, 0.5) is 0 Å². The van der Waals surface area contributed by atoms with Gasteiger partial charge in [-0.3, -0.25) is 4.79 Å². The number of nitrogens with one attached hydrogen (secondary N) is 1. The van der Waals surface area contributed by atoms with Crippen LogP contribution in [0.3, 0.4) is 0 Å². The first kappa shape index (κ1) is 9.56. The van der Waals surface area contributed by atoms with Crippen LogP contribution >= 0.6 is 0 Å². The molecule has 1 saturated carbocycles. The zero-order valence-corrected chi connectivity index (χ0v) is 8.48. The third-order valence-electron chi connectivity index (χ3n) is 3.30. The fourth-order valence-corrected chi connectivity index (χ4v) is 2.33. The van der Waals surface area contributed by atoms with Gasteiger partial charge in [-0.15, -0.1) is 0 Å². The minimum Gasteiger partial charge on any atom is -0.356 e. The minimum absolute atomic E-state index is 0.0903. The van der Waals surface area contributed by atoms with E-state index in [1.807, 2.05) is 0 Å². The molecule has 0 bridgehead atoms. The summed E-state index contributed by atoms with van der Waals surface area (Å²) in [5, 5.41) is 2.89. The molecule has 2 atom stereocenters. The van der Waals surface area contributed by atoms with E-state index in [0.717, 1.165) is 12.5 Å². The Bertz CT molecular complexity index is 186. The quantitative estimate of drug-likeness (QED) is 0.686. The Kier molecular flexibility index (Phi) is 2.45. The predicted molar refractivity (Wildman–Crippen MR) is 49.7 cm³/mol. The standard InChI is InChI=1S/C10H19NO/c1-5-8-9(10(8,3)4)6-11-7(2)12/h8-9H,5-6H2,1-4H3,(H,11,12)/t8?,9-/m0/s1. The van der Waals surface area contributed by atoms with E-state index in [4.69, 9.17) is 0 Å². The summed E-state index contributed by atoms with van der Waals surface area (Å²) in [7, 11) is 0. The predicted octanol–water partition coefficient (Wildman–Crippen LogP) is 1.80. The molecule has 1 unspecified atom stereocenters. The Morgan fingerprint density at radius 2 is 2.00 bits per heavy atom. The van der Waals surface area contributed by atoms with Crippen LogP contribution < -0.4 is 5.32 Å². The van der Waals surface area contributed by atoms with E-state index in [0.29, 0.717) is 11.3 Å². The van der Waals surface area contributed by atoms with E-state index in [9.17, 15) is 4.79 Å². The second kappa shape index (κ2) is 3.08. The van der Waals surface area contributed by atoms with Crippen LogP contribution in [0.5, 0.6) is 0 Å². The maximum absolute atomic E-state index is 10.7. The van der Waals surface area contributed by atoms with Gasteiger partial charge in [0.25, 0.3) is 0 Å². The summed E-state index contributed by atoms with van der Waals surface area (Å²) in [4.78, 5) is 10.7. The molecule has 2 nitrogen and oxygen atoms in total. The van der Waals surface area contributed by atoms with Crippen LogP contribution in [-0.4, -0.2) is 12.5 Å². The van der Waals surface area contributed by atoms with E-state index in [-0.39, 0.29) is 5.91 Å². The molecule has 12 heavy (non-hydrogen) atoms. The molecule has 0 saturated heterocycles. The Balaban J connectivity index is 2.32. The fourth-order valence-electron chi connectivity index (χ4n) is 2.33. The van der Waals surface area contributed by atoms with Gasteiger partial charge in [-0.2, -0.15) is 0 Å². The van der Waals surface area contributed by atoms with Crippen molar-refractivity contribution >= 4 is 5.91 Å². The number of hydrogen-bond acceptors (Lipinski definition) is 1. The summed E-state index contributed by atoms with van der Waals surface area (Å²) in [6.07, 6.45) is 1.23. The molecule has 1 rings (SSSR count). The first-order valence-electron chi connectivity index (χ1n) is 4.74. The lowest BCUT2D eigenvalue weighted by molar-refractivity contribution is -0.119. The number of carbonyl (C=O) groups is 1. The van der Waals surface area contributed by atoms with Gasteiger partial charge in [-0.1, -0.05) is 27.2 Å². The lowest BCUT2D eigenvalue weighted by Gasteiger charge is -2.02. The normalized spacial score (nSPS) is 31.3. The second-order valence-electron chi connectivity index (χ2n) is 4.38. The first-order chi connectivity index (χ1) is 5.50. The largest absolute Gasteiger partial charge is 0.356 e. The van der Waals surface area contributed by atoms with E-state index in [1.54, 1.807) is 6.92 Å². The second-order valence-corrected chi connectivity index (χ2v) is 4.38. The van der Waals surface area contributed by atoms with Crippen molar-refractivity contribution in [2.45, 2.75) is 34.1 Å². The molecule has 0 spiro atoms. The van der Waals surface area contributed by atoms with Crippen molar-refractivity contribution in [3.63, 3.8) is 0 Å². The van der Waals surface area contributed by atoms with E-state index in [2.05, 4.69) is 26.1 Å². The van der Waals surface area contributed by atoms with Crippen LogP contribution in [0.2, 0.25) is 0 Å². The number of amides is 1. The van der Waals surface area contributed by atoms with Gasteiger partial charge in [-0.05, 0) is 17.3 Å². The Morgan fingerprint density at radius 1 is 1.42 bits per heavy atom. The highest BCUT2D eigenvalue weighted by atomic mass is 16.1. The van der Waals surface area contributed by atoms with Crippen molar-refractivity contribution in [3.05, 3.63) is 0 Å². The fraction of sp³-hybridized carbons (Fsp3) is 0.900. The first-order valence-corrected chi connectivity index (χ1v) is 4.74. The van der Waals surface area contributed by atoms with Crippen LogP contribution in [0.15, 0.2) is 0 Å². The lowest BCUT2D eigenvalue weighted by Crippen LogP contribution is -2.23. The van der Waals surface area contributed by atoms with Gasteiger partial charge in [0.15, 0.2) is 0 Å². The molecular formula is C10H19NO. The van der Waals surface area contributed by atoms with Crippen molar-refractivity contribution in [2.24, 2.45) is 17.3 Å². The Labute approximate surface area is 74.7 Å². The van der Waals surface area contributed by atoms with Gasteiger partial charge in [0, 0.05) is 13.5 Å². The molecule has 0 heterocycles. The van der Waals surface area contributed by atoms with Crippen LogP contribution in [-0.2, 0) is 4.79 Å². The minimum atomic E-state index is 0.0903. The highest BCUT2D eigenvalue weighted by Crippen LogP contribution is 2.59. The molecule has 0 aliphatic heterocycles. The molecule has 1 amide bonds. The molecule has 0 aromatic heterocycles. The summed E-state index contributed by atoms with van der Waals surface area (Å²) in [6.45, 7) is 9.23. The van der Waals surface area contributed by atoms with E-state index < -0.39 is 0 Å². The highest BCUT2D eigenvalue weighted by molar-refractivity contribution is 5.72. The van der Waals surface area contributed by atoms with Gasteiger partial charge >= 0.3 is 0 Å². The zero-order valence-electron chi connectivity index (χ0n) is 8.48.